The van der Waals surface area contributed by atoms with E-state index in [0.29, 0.717) is 16.9 Å². The molecule has 0 atom stereocenters. The summed E-state index contributed by atoms with van der Waals surface area (Å²) >= 11 is 0. The van der Waals surface area contributed by atoms with Gasteiger partial charge in [-0.3, -0.25) is 4.79 Å². The number of nitrogens with zero attached hydrogens (tertiary/aromatic N) is 3. The van der Waals surface area contributed by atoms with Crippen molar-refractivity contribution in [3.63, 3.8) is 0 Å². The van der Waals surface area contributed by atoms with Crippen molar-refractivity contribution in [3.8, 4) is 5.82 Å². The Bertz CT molecular complexity index is 962. The molecule has 3 aromatic rings. The maximum absolute atomic E-state index is 12.7. The number of hydrogen-bond acceptors (Lipinski definition) is 3. The van der Waals surface area contributed by atoms with Crippen molar-refractivity contribution in [1.29, 1.82) is 0 Å². The number of amides is 1. The molecule has 0 unspecified atom stereocenters. The fourth-order valence-electron chi connectivity index (χ4n) is 2.68. The number of carbonyl (C=O) groups is 1. The van der Waals surface area contributed by atoms with Crippen molar-refractivity contribution in [2.24, 2.45) is 0 Å². The van der Waals surface area contributed by atoms with Gasteiger partial charge in [0.15, 0.2) is 5.82 Å². The number of aryl methyl sites for hydroxylation is 1. The molecule has 0 aliphatic heterocycles. The molecule has 27 heavy (non-hydrogen) atoms. The number of nitrogens with one attached hydrogen (secondary N) is 1. The second kappa shape index (κ2) is 7.22. The first kappa shape index (κ1) is 18.6. The van der Waals surface area contributed by atoms with E-state index in [2.05, 4.69) is 15.4 Å². The highest BCUT2D eigenvalue weighted by molar-refractivity contribution is 6.05. The summed E-state index contributed by atoms with van der Waals surface area (Å²) in [6.45, 7) is 3.65. The Hall–Kier alpha value is -3.16. The lowest BCUT2D eigenvalue weighted by atomic mass is 10.1. The van der Waals surface area contributed by atoms with Gasteiger partial charge >= 0.3 is 6.18 Å². The van der Waals surface area contributed by atoms with Crippen LogP contribution in [-0.2, 0) is 12.6 Å². The van der Waals surface area contributed by atoms with Gasteiger partial charge in [0.1, 0.15) is 0 Å². The van der Waals surface area contributed by atoms with Crippen molar-refractivity contribution in [2.45, 2.75) is 26.4 Å². The van der Waals surface area contributed by atoms with E-state index in [9.17, 15) is 18.0 Å². The number of carbonyl (C=O) groups excluding carboxylic acids is 1. The van der Waals surface area contributed by atoms with Crippen molar-refractivity contribution >= 4 is 11.6 Å². The Morgan fingerprint density at radius 1 is 1.15 bits per heavy atom. The normalized spacial score (nSPS) is 11.4. The van der Waals surface area contributed by atoms with E-state index in [4.69, 9.17) is 0 Å². The summed E-state index contributed by atoms with van der Waals surface area (Å²) in [5, 5.41) is 6.95. The van der Waals surface area contributed by atoms with Crippen LogP contribution in [0.5, 0.6) is 0 Å². The fourth-order valence-corrected chi connectivity index (χ4v) is 2.68. The van der Waals surface area contributed by atoms with Crippen LogP contribution in [-0.4, -0.2) is 20.7 Å². The molecule has 8 heteroatoms. The lowest BCUT2D eigenvalue weighted by Gasteiger charge is -2.10. The standard InChI is InChI=1S/C19H17F3N4O/c1-3-13-6-4-5-7-16(13)25-18(27)15-11-24-26(12(15)2)17-9-8-14(10-23-17)19(20,21)22/h4-11H,3H2,1-2H3,(H,25,27). The molecule has 1 aromatic carbocycles. The van der Waals surface area contributed by atoms with Crippen LogP contribution in [0.3, 0.4) is 0 Å². The monoisotopic (exact) mass is 374 g/mol. The van der Waals surface area contributed by atoms with Crippen LogP contribution in [0, 0.1) is 6.92 Å². The molecular formula is C19H17F3N4O. The van der Waals surface area contributed by atoms with Crippen molar-refractivity contribution in [1.82, 2.24) is 14.8 Å². The van der Waals surface area contributed by atoms with E-state index < -0.39 is 11.7 Å². The van der Waals surface area contributed by atoms with Crippen molar-refractivity contribution < 1.29 is 18.0 Å². The van der Waals surface area contributed by atoms with Crippen LogP contribution in [0.2, 0.25) is 0 Å². The number of anilines is 1. The van der Waals surface area contributed by atoms with Gasteiger partial charge in [-0.15, -0.1) is 0 Å². The Kier molecular flexibility index (Phi) is 4.98. The summed E-state index contributed by atoms with van der Waals surface area (Å²) in [4.78, 5) is 16.4. The van der Waals surface area contributed by atoms with Crippen LogP contribution in [0.4, 0.5) is 18.9 Å². The molecule has 140 valence electrons. The van der Waals surface area contributed by atoms with Gasteiger partial charge < -0.3 is 5.32 Å². The number of rotatable bonds is 4. The van der Waals surface area contributed by atoms with E-state index in [1.165, 1.54) is 16.9 Å². The molecule has 0 aliphatic rings. The van der Waals surface area contributed by atoms with E-state index in [0.717, 1.165) is 24.2 Å². The molecule has 1 amide bonds. The Labute approximate surface area is 153 Å². The van der Waals surface area contributed by atoms with Crippen LogP contribution >= 0.6 is 0 Å². The summed E-state index contributed by atoms with van der Waals surface area (Å²) in [6.07, 6.45) is -1.57. The summed E-state index contributed by atoms with van der Waals surface area (Å²) in [5.74, 6) is -0.139. The molecule has 3 rings (SSSR count). The lowest BCUT2D eigenvalue weighted by molar-refractivity contribution is -0.137. The van der Waals surface area contributed by atoms with Gasteiger partial charge in [0, 0.05) is 11.9 Å². The van der Waals surface area contributed by atoms with E-state index >= 15 is 0 Å². The predicted molar refractivity (Wildman–Crippen MR) is 94.9 cm³/mol. The van der Waals surface area contributed by atoms with Gasteiger partial charge in [-0.25, -0.2) is 9.67 Å². The SMILES string of the molecule is CCc1ccccc1NC(=O)c1cnn(-c2ccc(C(F)(F)F)cn2)c1C. The van der Waals surface area contributed by atoms with Gasteiger partial charge in [0.25, 0.3) is 5.91 Å². The minimum Gasteiger partial charge on any atom is -0.322 e. The Balaban J connectivity index is 1.85. The number of alkyl halides is 3. The largest absolute Gasteiger partial charge is 0.417 e. The maximum Gasteiger partial charge on any atom is 0.417 e. The predicted octanol–water partition coefficient (Wildman–Crippen LogP) is 4.41. The average Bonchev–Trinajstić information content (AvgIpc) is 3.03. The summed E-state index contributed by atoms with van der Waals surface area (Å²) in [5.41, 5.74) is 1.67. The number of para-hydroxylation sites is 1. The van der Waals surface area contributed by atoms with Crippen LogP contribution in [0.25, 0.3) is 5.82 Å². The Morgan fingerprint density at radius 2 is 1.89 bits per heavy atom. The zero-order valence-corrected chi connectivity index (χ0v) is 14.7. The summed E-state index contributed by atoms with van der Waals surface area (Å²) in [7, 11) is 0. The van der Waals surface area contributed by atoms with Crippen LogP contribution in [0.15, 0.2) is 48.8 Å². The van der Waals surface area contributed by atoms with E-state index in [-0.39, 0.29) is 11.7 Å². The zero-order valence-electron chi connectivity index (χ0n) is 14.7. The third kappa shape index (κ3) is 3.84. The van der Waals surface area contributed by atoms with E-state index in [1.807, 2.05) is 31.2 Å². The highest BCUT2D eigenvalue weighted by Crippen LogP contribution is 2.29. The summed E-state index contributed by atoms with van der Waals surface area (Å²) in [6, 6.07) is 9.62. The molecule has 0 fully saturated rings. The number of benzene rings is 1. The van der Waals surface area contributed by atoms with Crippen LogP contribution < -0.4 is 5.32 Å². The highest BCUT2D eigenvalue weighted by atomic mass is 19.4. The number of aromatic nitrogens is 3. The third-order valence-corrected chi connectivity index (χ3v) is 4.19. The minimum absolute atomic E-state index is 0.202. The van der Waals surface area contributed by atoms with Gasteiger partial charge in [0.2, 0.25) is 0 Å². The molecule has 0 bridgehead atoms. The molecule has 5 nitrogen and oxygen atoms in total. The third-order valence-electron chi connectivity index (χ3n) is 4.19. The summed E-state index contributed by atoms with van der Waals surface area (Å²) < 4.78 is 39.3. The number of pyridine rings is 1. The Morgan fingerprint density at radius 3 is 2.52 bits per heavy atom. The molecule has 0 radical (unpaired) electrons. The van der Waals surface area contributed by atoms with Gasteiger partial charge in [0.05, 0.1) is 23.0 Å². The maximum atomic E-state index is 12.7. The fraction of sp³-hybridized carbons (Fsp3) is 0.211. The van der Waals surface area contributed by atoms with Gasteiger partial charge in [-0.05, 0) is 37.1 Å². The van der Waals surface area contributed by atoms with E-state index in [1.54, 1.807) is 6.92 Å². The van der Waals surface area contributed by atoms with Gasteiger partial charge in [-0.2, -0.15) is 18.3 Å². The smallest absolute Gasteiger partial charge is 0.322 e. The first-order valence-corrected chi connectivity index (χ1v) is 8.28. The molecule has 0 saturated carbocycles. The van der Waals surface area contributed by atoms with Gasteiger partial charge in [-0.1, -0.05) is 25.1 Å². The minimum atomic E-state index is -4.46. The quantitative estimate of drug-likeness (QED) is 0.736. The second-order valence-corrected chi connectivity index (χ2v) is 5.92. The number of halogens is 3. The average molecular weight is 374 g/mol. The first-order chi connectivity index (χ1) is 12.8. The molecule has 0 aliphatic carbocycles. The second-order valence-electron chi connectivity index (χ2n) is 5.92. The molecule has 0 saturated heterocycles. The number of hydrogen-bond donors (Lipinski definition) is 1. The van der Waals surface area contributed by atoms with Crippen molar-refractivity contribution in [3.05, 3.63) is 71.2 Å². The molecular weight excluding hydrogens is 357 g/mol. The first-order valence-electron chi connectivity index (χ1n) is 8.28. The highest BCUT2D eigenvalue weighted by Gasteiger charge is 2.30. The lowest BCUT2D eigenvalue weighted by Crippen LogP contribution is -2.14. The van der Waals surface area contributed by atoms with Crippen molar-refractivity contribution in [2.75, 3.05) is 5.32 Å². The molecule has 1 N–H and O–H groups in total. The topological polar surface area (TPSA) is 59.8 Å². The zero-order chi connectivity index (χ0) is 19.6. The molecule has 2 aromatic heterocycles. The molecule has 2 heterocycles. The van der Waals surface area contributed by atoms with Crippen LogP contribution in [0.1, 0.15) is 34.1 Å². The molecule has 0 spiro atoms.